The number of halogens is 3. The summed E-state index contributed by atoms with van der Waals surface area (Å²) in [7, 11) is 0. The molecule has 0 atom stereocenters. The van der Waals surface area contributed by atoms with Gasteiger partial charge in [-0.15, -0.1) is 0 Å². The minimum Gasteiger partial charge on any atom is -0.479 e. The fourth-order valence-corrected chi connectivity index (χ4v) is 3.48. The number of nitrogens with zero attached hydrogens (tertiary/aromatic N) is 2. The highest BCUT2D eigenvalue weighted by Gasteiger charge is 2.31. The van der Waals surface area contributed by atoms with Gasteiger partial charge in [0, 0.05) is 37.7 Å². The molecule has 0 saturated carbocycles. The maximum atomic E-state index is 13.9. The maximum Gasteiger partial charge on any atom is 0.317 e. The fourth-order valence-electron chi connectivity index (χ4n) is 3.48. The molecule has 2 amide bonds. The third kappa shape index (κ3) is 5.54. The molecule has 2 aromatic carbocycles. The fraction of sp³-hybridized carbons (Fsp3) is 0.318. The van der Waals surface area contributed by atoms with Crippen molar-refractivity contribution in [2.75, 3.05) is 19.7 Å². The molecular formula is C22H20F3N3O3. The smallest absolute Gasteiger partial charge is 0.317 e. The Hall–Kier alpha value is -3.54. The van der Waals surface area contributed by atoms with Gasteiger partial charge in [-0.3, -0.25) is 4.79 Å². The van der Waals surface area contributed by atoms with E-state index in [1.807, 2.05) is 6.07 Å². The monoisotopic (exact) mass is 431 g/mol. The number of likely N-dealkylation sites (tertiary alicyclic amines) is 1. The Balaban J connectivity index is 1.52. The van der Waals surface area contributed by atoms with Gasteiger partial charge in [-0.25, -0.2) is 18.0 Å². The van der Waals surface area contributed by atoms with Crippen LogP contribution in [0.25, 0.3) is 0 Å². The van der Waals surface area contributed by atoms with E-state index in [0.717, 1.165) is 5.56 Å². The first-order valence-corrected chi connectivity index (χ1v) is 9.69. The average Bonchev–Trinajstić information content (AvgIpc) is 2.75. The first kappa shape index (κ1) is 22.2. The van der Waals surface area contributed by atoms with Crippen LogP contribution in [0.1, 0.15) is 28.8 Å². The Kier molecular flexibility index (Phi) is 7.13. The third-order valence-corrected chi connectivity index (χ3v) is 5.05. The molecule has 1 N–H and O–H groups in total. The molecule has 3 rings (SSSR count). The van der Waals surface area contributed by atoms with Gasteiger partial charge in [0.1, 0.15) is 29.3 Å². The molecular weight excluding hydrogens is 411 g/mol. The predicted molar refractivity (Wildman–Crippen MR) is 105 cm³/mol. The molecule has 0 aliphatic carbocycles. The number of rotatable bonds is 6. The quantitative estimate of drug-likeness (QED) is 0.706. The molecule has 0 spiro atoms. The molecule has 6 nitrogen and oxygen atoms in total. The van der Waals surface area contributed by atoms with Gasteiger partial charge in [-0.1, -0.05) is 12.1 Å². The zero-order valence-corrected chi connectivity index (χ0v) is 16.5. The summed E-state index contributed by atoms with van der Waals surface area (Å²) in [4.78, 5) is 26.4. The normalized spacial score (nSPS) is 14.1. The van der Waals surface area contributed by atoms with Crippen molar-refractivity contribution in [1.82, 2.24) is 10.2 Å². The highest BCUT2D eigenvalue weighted by atomic mass is 19.1. The minimum absolute atomic E-state index is 0.0742. The third-order valence-electron chi connectivity index (χ3n) is 5.05. The SMILES string of the molecule is N#CCOc1cccc(CNC(=O)N2CCC(C(=O)c3c(F)cc(F)cc3F)CC2)c1. The molecule has 0 aromatic heterocycles. The van der Waals surface area contributed by atoms with Crippen LogP contribution in [0.5, 0.6) is 5.75 Å². The highest BCUT2D eigenvalue weighted by Crippen LogP contribution is 2.25. The molecule has 9 heteroatoms. The van der Waals surface area contributed by atoms with E-state index in [0.29, 0.717) is 17.9 Å². The first-order chi connectivity index (χ1) is 14.9. The van der Waals surface area contributed by atoms with Crippen LogP contribution in [0.2, 0.25) is 0 Å². The summed E-state index contributed by atoms with van der Waals surface area (Å²) in [5, 5.41) is 11.3. The predicted octanol–water partition coefficient (Wildman–Crippen LogP) is 3.81. The van der Waals surface area contributed by atoms with E-state index in [1.165, 1.54) is 4.90 Å². The van der Waals surface area contributed by atoms with Crippen molar-refractivity contribution in [3.05, 3.63) is 65.0 Å². The second-order valence-corrected chi connectivity index (χ2v) is 7.12. The van der Waals surface area contributed by atoms with Crippen molar-refractivity contribution in [1.29, 1.82) is 5.26 Å². The molecule has 162 valence electrons. The van der Waals surface area contributed by atoms with Crippen molar-refractivity contribution in [2.24, 2.45) is 5.92 Å². The molecule has 1 saturated heterocycles. The lowest BCUT2D eigenvalue weighted by molar-refractivity contribution is 0.0845. The molecule has 0 unspecified atom stereocenters. The number of hydrogen-bond acceptors (Lipinski definition) is 4. The Morgan fingerprint density at radius 3 is 2.45 bits per heavy atom. The standard InChI is InChI=1S/C22H20F3N3O3/c23-16-11-18(24)20(19(25)12-16)21(29)15-4-7-28(8-5-15)22(30)27-13-14-2-1-3-17(10-14)31-9-6-26/h1-3,10-12,15H,4-5,7-9,13H2,(H,27,30). The second-order valence-electron chi connectivity index (χ2n) is 7.12. The van der Waals surface area contributed by atoms with Crippen LogP contribution in [0, 0.1) is 34.7 Å². The van der Waals surface area contributed by atoms with Crippen LogP contribution < -0.4 is 10.1 Å². The first-order valence-electron chi connectivity index (χ1n) is 9.69. The van der Waals surface area contributed by atoms with Crippen molar-refractivity contribution in [3.8, 4) is 11.8 Å². The number of ether oxygens (including phenoxy) is 1. The molecule has 2 aromatic rings. The summed E-state index contributed by atoms with van der Waals surface area (Å²) in [5.74, 6) is -4.36. The van der Waals surface area contributed by atoms with Crippen molar-refractivity contribution in [3.63, 3.8) is 0 Å². The number of urea groups is 1. The highest BCUT2D eigenvalue weighted by molar-refractivity contribution is 5.98. The Labute approximate surface area is 177 Å². The summed E-state index contributed by atoms with van der Waals surface area (Å²) in [6.07, 6.45) is 0.500. The van der Waals surface area contributed by atoms with E-state index in [4.69, 9.17) is 10.00 Å². The van der Waals surface area contributed by atoms with Crippen LogP contribution >= 0.6 is 0 Å². The molecule has 31 heavy (non-hydrogen) atoms. The molecule has 1 heterocycles. The zero-order chi connectivity index (χ0) is 22.4. The number of piperidine rings is 1. The Morgan fingerprint density at radius 1 is 1.13 bits per heavy atom. The topological polar surface area (TPSA) is 82.4 Å². The Morgan fingerprint density at radius 2 is 1.81 bits per heavy atom. The average molecular weight is 431 g/mol. The number of benzene rings is 2. The molecule has 1 aliphatic rings. The van der Waals surface area contributed by atoms with Gasteiger partial charge < -0.3 is 15.0 Å². The molecule has 0 radical (unpaired) electrons. The van der Waals surface area contributed by atoms with Gasteiger partial charge in [-0.05, 0) is 30.5 Å². The number of amides is 2. The maximum absolute atomic E-state index is 13.9. The number of ketones is 1. The summed E-state index contributed by atoms with van der Waals surface area (Å²) in [6.45, 7) is 0.665. The molecule has 1 aliphatic heterocycles. The number of carbonyl (C=O) groups is 2. The number of Topliss-reactive ketones (excluding diaryl/α,β-unsaturated/α-hetero) is 1. The van der Waals surface area contributed by atoms with E-state index in [1.54, 1.807) is 24.3 Å². The molecule has 1 fully saturated rings. The van der Waals surface area contributed by atoms with Crippen LogP contribution in [0.3, 0.4) is 0 Å². The van der Waals surface area contributed by atoms with Gasteiger partial charge in [0.05, 0.1) is 5.56 Å². The number of nitrogens with one attached hydrogen (secondary N) is 1. The molecule has 0 bridgehead atoms. The summed E-state index contributed by atoms with van der Waals surface area (Å²) < 4.78 is 46.0. The van der Waals surface area contributed by atoms with Crippen LogP contribution in [-0.4, -0.2) is 36.4 Å². The van der Waals surface area contributed by atoms with Crippen LogP contribution in [0.15, 0.2) is 36.4 Å². The van der Waals surface area contributed by atoms with Crippen molar-refractivity contribution in [2.45, 2.75) is 19.4 Å². The lowest BCUT2D eigenvalue weighted by Crippen LogP contribution is -2.45. The minimum atomic E-state index is -1.22. The van der Waals surface area contributed by atoms with E-state index in [-0.39, 0.29) is 45.1 Å². The largest absolute Gasteiger partial charge is 0.479 e. The van der Waals surface area contributed by atoms with E-state index in [9.17, 15) is 22.8 Å². The van der Waals surface area contributed by atoms with Gasteiger partial charge in [0.2, 0.25) is 0 Å². The lowest BCUT2D eigenvalue weighted by Gasteiger charge is -2.31. The zero-order valence-electron chi connectivity index (χ0n) is 16.5. The van der Waals surface area contributed by atoms with Crippen LogP contribution in [0.4, 0.5) is 18.0 Å². The van der Waals surface area contributed by atoms with E-state index < -0.39 is 34.7 Å². The van der Waals surface area contributed by atoms with Crippen molar-refractivity contribution < 1.29 is 27.5 Å². The summed E-state index contributed by atoms with van der Waals surface area (Å²) in [6, 6.07) is 9.50. The number of carbonyl (C=O) groups excluding carboxylic acids is 2. The van der Waals surface area contributed by atoms with Crippen molar-refractivity contribution >= 4 is 11.8 Å². The van der Waals surface area contributed by atoms with Gasteiger partial charge in [0.15, 0.2) is 12.4 Å². The second kappa shape index (κ2) is 9.98. The summed E-state index contributed by atoms with van der Waals surface area (Å²) >= 11 is 0. The summed E-state index contributed by atoms with van der Waals surface area (Å²) in [5.41, 5.74) is 0.0546. The van der Waals surface area contributed by atoms with E-state index in [2.05, 4.69) is 5.32 Å². The Bertz CT molecular complexity index is 992. The van der Waals surface area contributed by atoms with Gasteiger partial charge in [0.25, 0.3) is 0 Å². The number of nitriles is 1. The lowest BCUT2D eigenvalue weighted by atomic mass is 9.88. The van der Waals surface area contributed by atoms with Gasteiger partial charge >= 0.3 is 6.03 Å². The van der Waals surface area contributed by atoms with Gasteiger partial charge in [-0.2, -0.15) is 5.26 Å². The van der Waals surface area contributed by atoms with Crippen LogP contribution in [-0.2, 0) is 6.54 Å². The van der Waals surface area contributed by atoms with E-state index >= 15 is 0 Å². The number of hydrogen-bond donors (Lipinski definition) is 1.